The molecule has 1 unspecified atom stereocenters. The Morgan fingerprint density at radius 2 is 1.57 bits per heavy atom. The van der Waals surface area contributed by atoms with E-state index in [-0.39, 0.29) is 0 Å². The van der Waals surface area contributed by atoms with Crippen LogP contribution in [0, 0.1) is 11.8 Å². The molecule has 0 aliphatic heterocycles. The molecule has 0 bridgehead atoms. The molecule has 0 saturated heterocycles. The fourth-order valence-electron chi connectivity index (χ4n) is 2.55. The smallest absolute Gasteiger partial charge is 0.00183 e. The first-order valence-corrected chi connectivity index (χ1v) is 5.72. The number of hydrogen-bond acceptors (Lipinski definition) is 0. The highest BCUT2D eigenvalue weighted by Crippen LogP contribution is 2.55. The zero-order valence-corrected chi connectivity index (χ0v) is 9.46. The van der Waals surface area contributed by atoms with Crippen molar-refractivity contribution in [3.63, 3.8) is 0 Å². The number of rotatable bonds is 3. The second-order valence-electron chi connectivity index (χ2n) is 5.05. The molecule has 0 N–H and O–H groups in total. The van der Waals surface area contributed by atoms with Gasteiger partial charge in [-0.3, -0.25) is 0 Å². The first kappa shape index (κ1) is 9.76. The maximum absolute atomic E-state index is 2.41. The highest BCUT2D eigenvalue weighted by atomic mass is 14.5. The van der Waals surface area contributed by atoms with Crippen LogP contribution in [0.1, 0.15) is 39.2 Å². The molecule has 1 aliphatic rings. The monoisotopic (exact) mass is 188 g/mol. The molecule has 1 aromatic rings. The van der Waals surface area contributed by atoms with Gasteiger partial charge in [-0.05, 0) is 35.7 Å². The highest BCUT2D eigenvalue weighted by molar-refractivity contribution is 5.32. The Hall–Kier alpha value is -0.780. The molecular formula is C14H20. The number of hydrogen-bond donors (Lipinski definition) is 0. The van der Waals surface area contributed by atoms with Gasteiger partial charge in [0.15, 0.2) is 0 Å². The summed E-state index contributed by atoms with van der Waals surface area (Å²) in [6, 6.07) is 11.0. The summed E-state index contributed by atoms with van der Waals surface area (Å²) in [5, 5.41) is 0. The average Bonchev–Trinajstić information content (AvgIpc) is 2.99. The van der Waals surface area contributed by atoms with Crippen LogP contribution in [0.3, 0.4) is 0 Å². The Morgan fingerprint density at radius 3 is 2.00 bits per heavy atom. The zero-order chi connectivity index (χ0) is 10.2. The molecule has 1 fully saturated rings. The predicted molar refractivity (Wildman–Crippen MR) is 61.4 cm³/mol. The second kappa shape index (κ2) is 3.42. The van der Waals surface area contributed by atoms with Crippen LogP contribution >= 0.6 is 0 Å². The lowest BCUT2D eigenvalue weighted by Gasteiger charge is -2.27. The molecule has 1 saturated carbocycles. The lowest BCUT2D eigenvalue weighted by Crippen LogP contribution is -2.22. The van der Waals surface area contributed by atoms with E-state index >= 15 is 0 Å². The topological polar surface area (TPSA) is 0 Å². The van der Waals surface area contributed by atoms with Gasteiger partial charge in [0, 0.05) is 0 Å². The molecule has 0 nitrogen and oxygen atoms in total. The lowest BCUT2D eigenvalue weighted by molar-refractivity contribution is 0.329. The Kier molecular flexibility index (Phi) is 2.38. The van der Waals surface area contributed by atoms with Crippen molar-refractivity contribution in [2.75, 3.05) is 0 Å². The van der Waals surface area contributed by atoms with Gasteiger partial charge >= 0.3 is 0 Å². The van der Waals surface area contributed by atoms with Gasteiger partial charge in [-0.15, -0.1) is 0 Å². The molecule has 0 radical (unpaired) electrons. The SMILES string of the molecule is CC(C)C(C)C1(c2ccccc2)CC1. The summed E-state index contributed by atoms with van der Waals surface area (Å²) >= 11 is 0. The van der Waals surface area contributed by atoms with E-state index in [9.17, 15) is 0 Å². The van der Waals surface area contributed by atoms with Gasteiger partial charge in [-0.1, -0.05) is 51.1 Å². The maximum atomic E-state index is 2.41. The normalized spacial score (nSPS) is 20.9. The van der Waals surface area contributed by atoms with Gasteiger partial charge in [-0.2, -0.15) is 0 Å². The lowest BCUT2D eigenvalue weighted by atomic mass is 9.78. The van der Waals surface area contributed by atoms with Crippen molar-refractivity contribution < 1.29 is 0 Å². The van der Waals surface area contributed by atoms with Crippen molar-refractivity contribution in [3.05, 3.63) is 35.9 Å². The minimum atomic E-state index is 0.523. The Morgan fingerprint density at radius 1 is 1.00 bits per heavy atom. The van der Waals surface area contributed by atoms with Crippen molar-refractivity contribution in [1.82, 2.24) is 0 Å². The van der Waals surface area contributed by atoms with Gasteiger partial charge in [0.25, 0.3) is 0 Å². The minimum absolute atomic E-state index is 0.523. The first-order chi connectivity index (χ1) is 6.67. The van der Waals surface area contributed by atoms with Crippen LogP contribution in [0.2, 0.25) is 0 Å². The molecule has 0 aromatic heterocycles. The summed E-state index contributed by atoms with van der Waals surface area (Å²) in [6.07, 6.45) is 2.77. The summed E-state index contributed by atoms with van der Waals surface area (Å²) < 4.78 is 0. The van der Waals surface area contributed by atoms with E-state index in [0.717, 1.165) is 11.8 Å². The van der Waals surface area contributed by atoms with Crippen molar-refractivity contribution >= 4 is 0 Å². The molecule has 1 aromatic carbocycles. The van der Waals surface area contributed by atoms with Gasteiger partial charge in [-0.25, -0.2) is 0 Å². The highest BCUT2D eigenvalue weighted by Gasteiger charge is 2.49. The molecule has 1 aliphatic carbocycles. The summed E-state index contributed by atoms with van der Waals surface area (Å²) in [6.45, 7) is 7.09. The molecule has 14 heavy (non-hydrogen) atoms. The minimum Gasteiger partial charge on any atom is -0.0625 e. The van der Waals surface area contributed by atoms with Crippen molar-refractivity contribution in [2.24, 2.45) is 11.8 Å². The van der Waals surface area contributed by atoms with Crippen LogP contribution in [0.25, 0.3) is 0 Å². The first-order valence-electron chi connectivity index (χ1n) is 5.72. The molecule has 0 spiro atoms. The average molecular weight is 188 g/mol. The Balaban J connectivity index is 2.26. The molecule has 76 valence electrons. The third-order valence-corrected chi connectivity index (χ3v) is 4.01. The van der Waals surface area contributed by atoms with Crippen LogP contribution < -0.4 is 0 Å². The fourth-order valence-corrected chi connectivity index (χ4v) is 2.55. The third-order valence-electron chi connectivity index (χ3n) is 4.01. The molecular weight excluding hydrogens is 168 g/mol. The van der Waals surface area contributed by atoms with E-state index in [2.05, 4.69) is 51.1 Å². The van der Waals surface area contributed by atoms with Crippen LogP contribution in [-0.2, 0) is 5.41 Å². The van der Waals surface area contributed by atoms with Gasteiger partial charge < -0.3 is 0 Å². The molecule has 2 rings (SSSR count). The fraction of sp³-hybridized carbons (Fsp3) is 0.571. The van der Waals surface area contributed by atoms with Crippen molar-refractivity contribution in [3.8, 4) is 0 Å². The molecule has 1 atom stereocenters. The van der Waals surface area contributed by atoms with E-state index in [1.807, 2.05) is 0 Å². The maximum Gasteiger partial charge on any atom is -0.00183 e. The Labute approximate surface area is 87.3 Å². The van der Waals surface area contributed by atoms with E-state index in [4.69, 9.17) is 0 Å². The predicted octanol–water partition coefficient (Wildman–Crippen LogP) is 4.01. The van der Waals surface area contributed by atoms with Crippen molar-refractivity contribution in [2.45, 2.75) is 39.0 Å². The quantitative estimate of drug-likeness (QED) is 0.672. The number of benzene rings is 1. The standard InChI is InChI=1S/C14H20/c1-11(2)12(3)14(9-10-14)13-7-5-4-6-8-13/h4-8,11-12H,9-10H2,1-3H3. The van der Waals surface area contributed by atoms with E-state index in [1.54, 1.807) is 5.56 Å². The van der Waals surface area contributed by atoms with Gasteiger partial charge in [0.2, 0.25) is 0 Å². The largest absolute Gasteiger partial charge is 0.0625 e. The van der Waals surface area contributed by atoms with Crippen molar-refractivity contribution in [1.29, 1.82) is 0 Å². The summed E-state index contributed by atoms with van der Waals surface area (Å²) in [5.74, 6) is 1.60. The zero-order valence-electron chi connectivity index (χ0n) is 9.46. The van der Waals surface area contributed by atoms with Gasteiger partial charge in [0.05, 0.1) is 0 Å². The van der Waals surface area contributed by atoms with E-state index < -0.39 is 0 Å². The van der Waals surface area contributed by atoms with Crippen LogP contribution in [-0.4, -0.2) is 0 Å². The Bertz CT molecular complexity index is 293. The molecule has 0 heterocycles. The third kappa shape index (κ3) is 1.47. The summed E-state index contributed by atoms with van der Waals surface area (Å²) in [5.41, 5.74) is 2.08. The second-order valence-corrected chi connectivity index (χ2v) is 5.05. The van der Waals surface area contributed by atoms with Crippen LogP contribution in [0.4, 0.5) is 0 Å². The summed E-state index contributed by atoms with van der Waals surface area (Å²) in [4.78, 5) is 0. The summed E-state index contributed by atoms with van der Waals surface area (Å²) in [7, 11) is 0. The van der Waals surface area contributed by atoms with Crippen LogP contribution in [0.15, 0.2) is 30.3 Å². The van der Waals surface area contributed by atoms with E-state index in [1.165, 1.54) is 12.8 Å². The van der Waals surface area contributed by atoms with Crippen LogP contribution in [0.5, 0.6) is 0 Å². The molecule has 0 amide bonds. The molecule has 0 heteroatoms. The van der Waals surface area contributed by atoms with Gasteiger partial charge in [0.1, 0.15) is 0 Å². The van der Waals surface area contributed by atoms with E-state index in [0.29, 0.717) is 5.41 Å².